The average Bonchev–Trinajstić information content (AvgIpc) is 3.92. The van der Waals surface area contributed by atoms with Gasteiger partial charge in [-0.1, -0.05) is 31.1 Å². The van der Waals surface area contributed by atoms with Gasteiger partial charge >= 0.3 is 6.01 Å². The molecule has 0 spiro atoms. The largest absolute Gasteiger partial charge is 0.508 e. The number of phenols is 4. The van der Waals surface area contributed by atoms with E-state index in [1.165, 1.54) is 35.9 Å². The number of nitrogens with zero attached hydrogens (tertiary/aromatic N) is 5. The lowest BCUT2D eigenvalue weighted by atomic mass is 9.71. The first-order chi connectivity index (χ1) is 33.3. The summed E-state index contributed by atoms with van der Waals surface area (Å²) in [6.45, 7) is 4.58. The number of fused-ring (bicyclic) bond motifs is 4. The zero-order valence-electron chi connectivity index (χ0n) is 38.3. The van der Waals surface area contributed by atoms with Crippen molar-refractivity contribution >= 4 is 34.1 Å². The molecule has 11 N–H and O–H groups in total. The number of aryl methyl sites for hydroxylation is 1. The highest BCUT2D eigenvalue weighted by atomic mass is 16.7. The maximum absolute atomic E-state index is 14.1. The monoisotopic (exact) mass is 961 g/mol. The molecule has 4 aromatic carbocycles. The molecule has 9 rings (SSSR count). The number of carbonyl (C=O) groups is 3. The SMILES string of the molecule is COc1cccc2c1C(=O)c1c(O)c3c(c(O)c1C2=O)C[C@@](O)(/C(CO)=N/NC(=O)CCn1ccc2cc(-n4c(O)nnc4-c4cc(C(C)C)c(O)cc4O)ccc21)C[C@@H]3OC1CC(N)C(O)C(C)O1. The van der Waals surface area contributed by atoms with Crippen LogP contribution in [0.25, 0.3) is 28.0 Å². The molecule has 0 radical (unpaired) electrons. The van der Waals surface area contributed by atoms with Gasteiger partial charge in [0.1, 0.15) is 34.3 Å². The molecular weight excluding hydrogens is 911 g/mol. The molecule has 4 unspecified atom stereocenters. The second-order valence-electron chi connectivity index (χ2n) is 18.1. The van der Waals surface area contributed by atoms with Crippen LogP contribution in [0.3, 0.4) is 0 Å². The fraction of sp³-hybridized carbons (Fsp3) is 0.347. The Hall–Kier alpha value is -7.40. The minimum Gasteiger partial charge on any atom is -0.508 e. The number of carbonyl (C=O) groups excluding carboxylic acids is 3. The molecule has 366 valence electrons. The maximum Gasteiger partial charge on any atom is 0.319 e. The number of benzene rings is 4. The third kappa shape index (κ3) is 8.04. The number of aliphatic hydroxyl groups excluding tert-OH is 2. The number of phenolic OH excluding ortho intramolecular Hbond substituents is 4. The van der Waals surface area contributed by atoms with E-state index in [2.05, 4.69) is 20.7 Å². The van der Waals surface area contributed by atoms with Gasteiger partial charge in [0.05, 0.1) is 65.7 Å². The number of rotatable bonds is 12. The first-order valence-electron chi connectivity index (χ1n) is 22.5. The fourth-order valence-electron chi connectivity index (χ4n) is 9.75. The molecule has 3 heterocycles. The number of hydrogen-bond acceptors (Lipinski definition) is 18. The van der Waals surface area contributed by atoms with Gasteiger partial charge in [0.25, 0.3) is 0 Å². The summed E-state index contributed by atoms with van der Waals surface area (Å²) in [5.41, 5.74) is 6.41. The molecule has 0 saturated carbocycles. The molecule has 21 nitrogen and oxygen atoms in total. The van der Waals surface area contributed by atoms with Crippen LogP contribution in [0.5, 0.6) is 34.8 Å². The van der Waals surface area contributed by atoms with E-state index in [1.54, 1.807) is 48.0 Å². The highest BCUT2D eigenvalue weighted by Gasteiger charge is 2.50. The number of methoxy groups -OCH3 is 1. The van der Waals surface area contributed by atoms with Crippen molar-refractivity contribution in [3.05, 3.63) is 99.7 Å². The van der Waals surface area contributed by atoms with Crippen molar-refractivity contribution in [2.24, 2.45) is 10.8 Å². The van der Waals surface area contributed by atoms with Crippen LogP contribution in [-0.2, 0) is 27.2 Å². The third-order valence-electron chi connectivity index (χ3n) is 13.4. The summed E-state index contributed by atoms with van der Waals surface area (Å²) in [5.74, 6) is -3.88. The predicted octanol–water partition coefficient (Wildman–Crippen LogP) is 3.44. The summed E-state index contributed by atoms with van der Waals surface area (Å²) in [4.78, 5) is 41.6. The minimum atomic E-state index is -2.21. The molecule has 70 heavy (non-hydrogen) atoms. The number of nitrogens with two attached hydrogens (primary N) is 1. The van der Waals surface area contributed by atoms with E-state index in [0.29, 0.717) is 22.2 Å². The van der Waals surface area contributed by atoms with Crippen LogP contribution in [0, 0.1) is 0 Å². The van der Waals surface area contributed by atoms with Crippen molar-refractivity contribution in [1.29, 1.82) is 0 Å². The van der Waals surface area contributed by atoms with Gasteiger partial charge in [0, 0.05) is 78.1 Å². The lowest BCUT2D eigenvalue weighted by molar-refractivity contribution is -0.245. The van der Waals surface area contributed by atoms with E-state index in [1.807, 2.05) is 13.8 Å². The second-order valence-corrected chi connectivity index (χ2v) is 18.1. The lowest BCUT2D eigenvalue weighted by Crippen LogP contribution is -2.53. The number of aromatic hydroxyl groups is 5. The van der Waals surface area contributed by atoms with Gasteiger partial charge in [0.15, 0.2) is 17.9 Å². The van der Waals surface area contributed by atoms with Crippen LogP contribution in [0.2, 0.25) is 0 Å². The zero-order chi connectivity index (χ0) is 50.1. The van der Waals surface area contributed by atoms with Crippen LogP contribution in [-0.4, -0.2) is 127 Å². The molecule has 0 bridgehead atoms. The topological polar surface area (TPSA) is 327 Å². The van der Waals surface area contributed by atoms with Crippen molar-refractivity contribution in [2.45, 2.75) is 95.2 Å². The van der Waals surface area contributed by atoms with Crippen molar-refractivity contribution in [3.8, 4) is 51.8 Å². The van der Waals surface area contributed by atoms with Crippen molar-refractivity contribution in [2.75, 3.05) is 13.7 Å². The summed E-state index contributed by atoms with van der Waals surface area (Å²) in [5, 5.41) is 102. The number of hydrogen-bond donors (Lipinski definition) is 10. The minimum absolute atomic E-state index is 0.0391. The average molecular weight is 962 g/mol. The van der Waals surface area contributed by atoms with Gasteiger partial charge in [0.2, 0.25) is 11.7 Å². The number of aromatic nitrogens is 4. The number of aliphatic hydroxyl groups is 3. The standard InChI is InChI=1S/C49H51N7O14/c1-21(2)26-15-27(32(59)17-31(26)58)47-53-54-48(66)56(47)24-8-9-30-23(14-24)10-12-55(30)13-11-36(60)52-51-35(20-57)49(67)18-28-39(34(19-49)70-37-16-29(50)42(61)22(3)69-37)46(65)41-40(44(28)63)43(62)25-6-5-7-33(68-4)38(25)45(41)64/h5-10,12,14-15,17,21-22,29,34,37,42,57-59,61,63,65,67H,11,13,16,18-20,50H2,1-4H3,(H,52,60)(H,54,66)/b51-35+/t22?,29?,34-,37?,42?,49-/m0/s1. The van der Waals surface area contributed by atoms with E-state index in [-0.39, 0.29) is 81.9 Å². The zero-order valence-corrected chi connectivity index (χ0v) is 38.3. The molecule has 3 aliphatic rings. The van der Waals surface area contributed by atoms with E-state index < -0.39 is 102 Å². The summed E-state index contributed by atoms with van der Waals surface area (Å²) < 4.78 is 20.7. The molecule has 1 fully saturated rings. The number of ether oxygens (including phenoxy) is 3. The smallest absolute Gasteiger partial charge is 0.319 e. The molecule has 2 aromatic heterocycles. The molecule has 6 atom stereocenters. The second kappa shape index (κ2) is 18.2. The highest BCUT2D eigenvalue weighted by Crippen LogP contribution is 2.53. The quantitative estimate of drug-likeness (QED) is 0.0476. The molecule has 21 heteroatoms. The van der Waals surface area contributed by atoms with E-state index in [0.717, 1.165) is 0 Å². The summed E-state index contributed by atoms with van der Waals surface area (Å²) in [6, 6.07) is 12.9. The summed E-state index contributed by atoms with van der Waals surface area (Å²) in [7, 11) is 1.32. The van der Waals surface area contributed by atoms with Crippen molar-refractivity contribution in [3.63, 3.8) is 0 Å². The molecule has 1 amide bonds. The predicted molar refractivity (Wildman–Crippen MR) is 248 cm³/mol. The Labute approximate surface area is 398 Å². The Balaban J connectivity index is 0.974. The van der Waals surface area contributed by atoms with E-state index >= 15 is 0 Å². The number of ketones is 2. The first-order valence-corrected chi connectivity index (χ1v) is 22.5. The van der Waals surface area contributed by atoms with Gasteiger partial charge in [-0.3, -0.25) is 14.4 Å². The van der Waals surface area contributed by atoms with Crippen LogP contribution < -0.4 is 15.9 Å². The van der Waals surface area contributed by atoms with Gasteiger partial charge in [-0.25, -0.2) is 9.99 Å². The van der Waals surface area contributed by atoms with Crippen LogP contribution in [0.1, 0.15) is 101 Å². The van der Waals surface area contributed by atoms with Gasteiger partial charge in [-0.05, 0) is 54.8 Å². The van der Waals surface area contributed by atoms with E-state index in [4.69, 9.17) is 19.9 Å². The van der Waals surface area contributed by atoms with Crippen LogP contribution in [0.15, 0.2) is 65.9 Å². The molecule has 6 aromatic rings. The lowest BCUT2D eigenvalue weighted by Gasteiger charge is -2.43. The maximum atomic E-state index is 14.1. The number of nitrogens with one attached hydrogen (secondary N) is 1. The molecule has 1 aliphatic heterocycles. The van der Waals surface area contributed by atoms with Crippen LogP contribution >= 0.6 is 0 Å². The normalized spacial score (nSPS) is 22.2. The molecule has 1 saturated heterocycles. The Morgan fingerprint density at radius 2 is 1.74 bits per heavy atom. The Morgan fingerprint density at radius 1 is 0.986 bits per heavy atom. The summed E-state index contributed by atoms with van der Waals surface area (Å²) in [6.07, 6.45) is -3.87. The van der Waals surface area contributed by atoms with Crippen LogP contribution in [0.4, 0.5) is 0 Å². The highest BCUT2D eigenvalue weighted by molar-refractivity contribution is 6.31. The Morgan fingerprint density at radius 3 is 2.46 bits per heavy atom. The van der Waals surface area contributed by atoms with Gasteiger partial charge in [-0.15, -0.1) is 5.10 Å². The number of hydrazone groups is 1. The Bertz CT molecular complexity index is 3130. The molecular formula is C49H51N7O14. The van der Waals surface area contributed by atoms with E-state index in [9.17, 15) is 55.2 Å². The van der Waals surface area contributed by atoms with Gasteiger partial charge < -0.3 is 65.4 Å². The van der Waals surface area contributed by atoms with Crippen molar-refractivity contribution in [1.82, 2.24) is 24.8 Å². The van der Waals surface area contributed by atoms with Gasteiger partial charge in [-0.2, -0.15) is 5.10 Å². The summed E-state index contributed by atoms with van der Waals surface area (Å²) >= 11 is 0. The third-order valence-corrected chi connectivity index (χ3v) is 13.4. The first kappa shape index (κ1) is 47.7. The Kier molecular flexibility index (Phi) is 12.4. The number of amides is 1. The molecule has 2 aliphatic carbocycles. The van der Waals surface area contributed by atoms with Crippen molar-refractivity contribution < 1.29 is 69.4 Å². The fourth-order valence-corrected chi connectivity index (χ4v) is 9.75.